The van der Waals surface area contributed by atoms with Crippen LogP contribution in [-0.2, 0) is 13.3 Å². The van der Waals surface area contributed by atoms with E-state index in [1.807, 2.05) is 0 Å². The van der Waals surface area contributed by atoms with E-state index in [9.17, 15) is 13.2 Å². The van der Waals surface area contributed by atoms with E-state index in [-0.39, 0.29) is 0 Å². The van der Waals surface area contributed by atoms with Crippen LogP contribution in [0.5, 0.6) is 0 Å². The molecule has 0 aliphatic heterocycles. The first-order valence-corrected chi connectivity index (χ1v) is 6.52. The van der Waals surface area contributed by atoms with Crippen molar-refractivity contribution in [2.75, 3.05) is 20.8 Å². The Hall–Kier alpha value is -0.893. The molecule has 0 aliphatic rings. The average molecular weight is 266 g/mol. The van der Waals surface area contributed by atoms with Gasteiger partial charge in [-0.25, -0.2) is 0 Å². The van der Waals surface area contributed by atoms with Gasteiger partial charge in [0.2, 0.25) is 0 Å². The Morgan fingerprint density at radius 3 is 2.00 bits per heavy atom. The van der Waals surface area contributed by atoms with E-state index in [2.05, 4.69) is 0 Å². The van der Waals surface area contributed by atoms with Crippen molar-refractivity contribution in [3.63, 3.8) is 0 Å². The second-order valence-electron chi connectivity index (χ2n) is 3.23. The molecule has 0 atom stereocenters. The summed E-state index contributed by atoms with van der Waals surface area (Å²) in [6.07, 6.45) is -4.41. The second kappa shape index (κ2) is 5.63. The Balaban J connectivity index is 2.90. The summed E-state index contributed by atoms with van der Waals surface area (Å²) >= 11 is 0. The third-order valence-corrected chi connectivity index (χ3v) is 4.73. The quantitative estimate of drug-likeness (QED) is 0.759. The van der Waals surface area contributed by atoms with Crippen LogP contribution in [0.1, 0.15) is 0 Å². The fraction of sp³-hybridized carbons (Fsp3) is 0.400. The monoisotopic (exact) mass is 266 g/mol. The molecule has 96 valence electrons. The van der Waals surface area contributed by atoms with Gasteiger partial charge in [0.15, 0.2) is 0 Å². The first-order chi connectivity index (χ1) is 7.93. The minimum Gasteiger partial charge on any atom is -0.373 e. The molecule has 0 aliphatic carbocycles. The first-order valence-electron chi connectivity index (χ1n) is 4.80. The van der Waals surface area contributed by atoms with Crippen molar-refractivity contribution in [3.8, 4) is 0 Å². The lowest BCUT2D eigenvalue weighted by Crippen LogP contribution is -2.56. The molecule has 0 saturated heterocycles. The first kappa shape index (κ1) is 14.2. The zero-order valence-electron chi connectivity index (χ0n) is 9.45. The lowest BCUT2D eigenvalue weighted by atomic mass is 10.4. The van der Waals surface area contributed by atoms with Gasteiger partial charge in [-0.2, -0.15) is 13.2 Å². The van der Waals surface area contributed by atoms with E-state index < -0.39 is 21.6 Å². The Morgan fingerprint density at radius 2 is 1.59 bits per heavy atom. The molecule has 0 fully saturated rings. The minimum absolute atomic E-state index is 0.495. The highest BCUT2D eigenvalue weighted by Gasteiger charge is 2.45. The maximum absolute atomic E-state index is 12.2. The van der Waals surface area contributed by atoms with Crippen molar-refractivity contribution in [3.05, 3.63) is 30.3 Å². The second-order valence-corrected chi connectivity index (χ2v) is 6.03. The zero-order valence-corrected chi connectivity index (χ0v) is 10.5. The topological polar surface area (TPSA) is 27.7 Å². The summed E-state index contributed by atoms with van der Waals surface area (Å²) in [6, 6.07) is 8.36. The molecule has 0 spiro atoms. The third-order valence-electron chi connectivity index (χ3n) is 2.09. The SMILES string of the molecule is CO[Si](OC)(OCC(F)(F)F)c1ccccc1. The molecule has 0 radical (unpaired) electrons. The summed E-state index contributed by atoms with van der Waals surface area (Å²) in [5.41, 5.74) is 0. The van der Waals surface area contributed by atoms with Crippen LogP contribution in [0.2, 0.25) is 0 Å². The van der Waals surface area contributed by atoms with Gasteiger partial charge in [0.25, 0.3) is 0 Å². The number of hydrogen-bond donors (Lipinski definition) is 0. The van der Waals surface area contributed by atoms with Crippen molar-refractivity contribution in [1.82, 2.24) is 0 Å². The van der Waals surface area contributed by atoms with Gasteiger partial charge in [-0.15, -0.1) is 0 Å². The molecule has 0 unspecified atom stereocenters. The molecule has 0 amide bonds. The van der Waals surface area contributed by atoms with Gasteiger partial charge in [0, 0.05) is 19.4 Å². The Morgan fingerprint density at radius 1 is 1.06 bits per heavy atom. The van der Waals surface area contributed by atoms with Gasteiger partial charge in [0.05, 0.1) is 0 Å². The fourth-order valence-electron chi connectivity index (χ4n) is 1.34. The van der Waals surface area contributed by atoms with Crippen LogP contribution in [0.3, 0.4) is 0 Å². The van der Waals surface area contributed by atoms with E-state index in [1.54, 1.807) is 30.3 Å². The molecule has 1 aromatic rings. The largest absolute Gasteiger partial charge is 0.536 e. The summed E-state index contributed by atoms with van der Waals surface area (Å²) in [5, 5.41) is 0.495. The molecular formula is C10H13F3O3Si. The van der Waals surface area contributed by atoms with Crippen LogP contribution in [0.25, 0.3) is 0 Å². The summed E-state index contributed by atoms with van der Waals surface area (Å²) < 4.78 is 51.5. The van der Waals surface area contributed by atoms with E-state index >= 15 is 0 Å². The maximum Gasteiger partial charge on any atom is 0.536 e. The Bertz CT molecular complexity index is 338. The lowest BCUT2D eigenvalue weighted by Gasteiger charge is -2.26. The number of rotatable bonds is 5. The molecule has 0 aromatic heterocycles. The Labute approximate surface area is 98.5 Å². The Kier molecular flexibility index (Phi) is 4.69. The van der Waals surface area contributed by atoms with E-state index in [0.29, 0.717) is 5.19 Å². The van der Waals surface area contributed by atoms with Crippen molar-refractivity contribution < 1.29 is 26.4 Å². The number of halogens is 3. The van der Waals surface area contributed by atoms with E-state index in [4.69, 9.17) is 13.3 Å². The van der Waals surface area contributed by atoms with Gasteiger partial charge in [-0.1, -0.05) is 30.3 Å². The van der Waals surface area contributed by atoms with Gasteiger partial charge >= 0.3 is 15.0 Å². The summed E-state index contributed by atoms with van der Waals surface area (Å²) in [7, 11) is -0.896. The van der Waals surface area contributed by atoms with Crippen LogP contribution in [0, 0.1) is 0 Å². The van der Waals surface area contributed by atoms with Crippen LogP contribution in [0.4, 0.5) is 13.2 Å². The average Bonchev–Trinajstić information content (AvgIpc) is 2.31. The molecule has 0 bridgehead atoms. The zero-order chi connectivity index (χ0) is 12.9. The summed E-state index contributed by atoms with van der Waals surface area (Å²) in [4.78, 5) is 0. The van der Waals surface area contributed by atoms with Gasteiger partial charge < -0.3 is 13.3 Å². The number of alkyl halides is 3. The summed E-state index contributed by atoms with van der Waals surface area (Å²) in [6.45, 7) is -1.39. The molecule has 3 nitrogen and oxygen atoms in total. The van der Waals surface area contributed by atoms with Gasteiger partial charge in [-0.05, 0) is 0 Å². The van der Waals surface area contributed by atoms with Crippen molar-refractivity contribution in [2.24, 2.45) is 0 Å². The predicted molar refractivity (Wildman–Crippen MR) is 57.9 cm³/mol. The molecule has 1 aromatic carbocycles. The van der Waals surface area contributed by atoms with E-state index in [0.717, 1.165) is 0 Å². The third kappa shape index (κ3) is 3.81. The number of benzene rings is 1. The normalized spacial score (nSPS) is 12.8. The minimum atomic E-state index is -4.41. The molecule has 0 N–H and O–H groups in total. The van der Waals surface area contributed by atoms with Crippen molar-refractivity contribution >= 4 is 14.0 Å². The van der Waals surface area contributed by atoms with Crippen LogP contribution in [-0.4, -0.2) is 35.8 Å². The highest BCUT2D eigenvalue weighted by atomic mass is 28.4. The van der Waals surface area contributed by atoms with Crippen molar-refractivity contribution in [1.29, 1.82) is 0 Å². The predicted octanol–water partition coefficient (Wildman–Crippen LogP) is 1.70. The van der Waals surface area contributed by atoms with Crippen LogP contribution in [0.15, 0.2) is 30.3 Å². The molecular weight excluding hydrogens is 253 g/mol. The van der Waals surface area contributed by atoms with Crippen molar-refractivity contribution in [2.45, 2.75) is 6.18 Å². The van der Waals surface area contributed by atoms with Crippen LogP contribution >= 0.6 is 0 Å². The van der Waals surface area contributed by atoms with E-state index in [1.165, 1.54) is 14.2 Å². The highest BCUT2D eigenvalue weighted by molar-refractivity contribution is 6.75. The summed E-state index contributed by atoms with van der Waals surface area (Å²) in [5.74, 6) is 0. The molecule has 0 heterocycles. The fourth-order valence-corrected chi connectivity index (χ4v) is 3.33. The lowest BCUT2D eigenvalue weighted by molar-refractivity contribution is -0.162. The molecule has 0 saturated carbocycles. The smallest absolute Gasteiger partial charge is 0.373 e. The number of hydrogen-bond acceptors (Lipinski definition) is 3. The molecule has 17 heavy (non-hydrogen) atoms. The maximum atomic E-state index is 12.2. The molecule has 1 rings (SSSR count). The van der Waals surface area contributed by atoms with Gasteiger partial charge in [0.1, 0.15) is 6.61 Å². The standard InChI is InChI=1S/C10H13F3O3Si/c1-14-17(15-2,16-8-10(11,12)13)9-6-4-3-5-7-9/h3-7H,8H2,1-2H3. The molecule has 7 heteroatoms. The van der Waals surface area contributed by atoms with Crippen LogP contribution < -0.4 is 5.19 Å². The highest BCUT2D eigenvalue weighted by Crippen LogP contribution is 2.18. The van der Waals surface area contributed by atoms with Gasteiger partial charge in [-0.3, -0.25) is 0 Å².